The van der Waals surface area contributed by atoms with E-state index in [-0.39, 0.29) is 12.3 Å². The van der Waals surface area contributed by atoms with Crippen LogP contribution in [0.2, 0.25) is 0 Å². The zero-order valence-corrected chi connectivity index (χ0v) is 11.1. The SMILES string of the molecule is O=C(CSCC(F)(F)F)NCC(O)c1ccc(F)cc1. The van der Waals surface area contributed by atoms with Crippen LogP contribution in [0.15, 0.2) is 24.3 Å². The minimum Gasteiger partial charge on any atom is -0.387 e. The first-order chi connectivity index (χ1) is 9.28. The molecule has 112 valence electrons. The number of nitrogens with one attached hydrogen (secondary N) is 1. The second kappa shape index (κ2) is 7.49. The molecule has 0 saturated heterocycles. The first kappa shape index (κ1) is 16.8. The molecule has 0 aliphatic carbocycles. The lowest BCUT2D eigenvalue weighted by atomic mass is 10.1. The van der Waals surface area contributed by atoms with Crippen LogP contribution in [0.3, 0.4) is 0 Å². The number of rotatable bonds is 6. The van der Waals surface area contributed by atoms with Gasteiger partial charge in [-0.15, -0.1) is 11.8 Å². The van der Waals surface area contributed by atoms with Crippen LogP contribution >= 0.6 is 11.8 Å². The summed E-state index contributed by atoms with van der Waals surface area (Å²) in [4.78, 5) is 11.2. The number of hydrogen-bond acceptors (Lipinski definition) is 3. The Morgan fingerprint density at radius 3 is 2.45 bits per heavy atom. The summed E-state index contributed by atoms with van der Waals surface area (Å²) in [5.41, 5.74) is 0.412. The van der Waals surface area contributed by atoms with Crippen molar-refractivity contribution < 1.29 is 27.5 Å². The Hall–Kier alpha value is -1.28. The largest absolute Gasteiger partial charge is 0.397 e. The summed E-state index contributed by atoms with van der Waals surface area (Å²) in [6.45, 7) is -0.142. The van der Waals surface area contributed by atoms with Crippen molar-refractivity contribution in [2.24, 2.45) is 0 Å². The normalized spacial score (nSPS) is 13.1. The first-order valence-electron chi connectivity index (χ1n) is 5.62. The monoisotopic (exact) mass is 311 g/mol. The molecule has 0 heterocycles. The molecule has 1 atom stereocenters. The predicted octanol–water partition coefficient (Wildman–Crippen LogP) is 2.27. The highest BCUT2D eigenvalue weighted by atomic mass is 32.2. The molecule has 8 heteroatoms. The highest BCUT2D eigenvalue weighted by molar-refractivity contribution is 8.00. The van der Waals surface area contributed by atoms with Crippen molar-refractivity contribution in [1.29, 1.82) is 0 Å². The van der Waals surface area contributed by atoms with Gasteiger partial charge >= 0.3 is 6.18 Å². The maximum Gasteiger partial charge on any atom is 0.397 e. The third-order valence-corrected chi connectivity index (χ3v) is 3.24. The maximum absolute atomic E-state index is 12.7. The number of alkyl halides is 3. The summed E-state index contributed by atoms with van der Waals surface area (Å²) in [6.07, 6.45) is -5.34. The van der Waals surface area contributed by atoms with E-state index in [1.165, 1.54) is 24.3 Å². The molecule has 0 aliphatic heterocycles. The molecule has 0 radical (unpaired) electrons. The smallest absolute Gasteiger partial charge is 0.387 e. The Bertz CT molecular complexity index is 436. The number of thioether (sulfide) groups is 1. The molecule has 0 aliphatic rings. The lowest BCUT2D eigenvalue weighted by Gasteiger charge is -2.12. The number of hydrogen-bond donors (Lipinski definition) is 2. The molecule has 1 aromatic rings. The third kappa shape index (κ3) is 6.76. The third-order valence-electron chi connectivity index (χ3n) is 2.25. The lowest BCUT2D eigenvalue weighted by Crippen LogP contribution is -2.30. The van der Waals surface area contributed by atoms with Crippen LogP contribution in [0, 0.1) is 5.82 Å². The standard InChI is InChI=1S/C12H13F4NO2S/c13-9-3-1-8(2-4-9)10(18)5-17-11(19)6-20-7-12(14,15)16/h1-4,10,18H,5-7H2,(H,17,19). The number of benzene rings is 1. The van der Waals surface area contributed by atoms with Gasteiger partial charge < -0.3 is 10.4 Å². The van der Waals surface area contributed by atoms with Gasteiger partial charge in [-0.1, -0.05) is 12.1 Å². The van der Waals surface area contributed by atoms with E-state index >= 15 is 0 Å². The predicted molar refractivity (Wildman–Crippen MR) is 67.7 cm³/mol. The minimum absolute atomic E-state index is 0.142. The van der Waals surface area contributed by atoms with Gasteiger partial charge in [0.15, 0.2) is 0 Å². The molecule has 2 N–H and O–H groups in total. The van der Waals surface area contributed by atoms with Crippen LogP contribution in [-0.2, 0) is 4.79 Å². The Morgan fingerprint density at radius 2 is 1.90 bits per heavy atom. The topological polar surface area (TPSA) is 49.3 Å². The molecule has 0 spiro atoms. The molecule has 0 saturated carbocycles. The summed E-state index contributed by atoms with van der Waals surface area (Å²) in [7, 11) is 0. The molecule has 0 fully saturated rings. The first-order valence-corrected chi connectivity index (χ1v) is 6.78. The van der Waals surface area contributed by atoms with E-state index in [2.05, 4.69) is 5.32 Å². The number of halogens is 4. The Labute approximate surface area is 117 Å². The van der Waals surface area contributed by atoms with Gasteiger partial charge in [0.1, 0.15) is 5.82 Å². The summed E-state index contributed by atoms with van der Waals surface area (Å²) in [6, 6.07) is 5.06. The van der Waals surface area contributed by atoms with Crippen molar-refractivity contribution in [3.63, 3.8) is 0 Å². The van der Waals surface area contributed by atoms with Crippen molar-refractivity contribution >= 4 is 17.7 Å². The highest BCUT2D eigenvalue weighted by Crippen LogP contribution is 2.20. The fourth-order valence-electron chi connectivity index (χ4n) is 1.32. The molecular weight excluding hydrogens is 298 g/mol. The quantitative estimate of drug-likeness (QED) is 0.793. The van der Waals surface area contributed by atoms with Crippen LogP contribution in [0.1, 0.15) is 11.7 Å². The van der Waals surface area contributed by atoms with Crippen molar-refractivity contribution in [3.05, 3.63) is 35.6 Å². The van der Waals surface area contributed by atoms with Gasteiger partial charge in [-0.2, -0.15) is 13.2 Å². The van der Waals surface area contributed by atoms with E-state index in [9.17, 15) is 27.5 Å². The van der Waals surface area contributed by atoms with Crippen molar-refractivity contribution in [2.75, 3.05) is 18.1 Å². The van der Waals surface area contributed by atoms with Gasteiger partial charge in [-0.05, 0) is 17.7 Å². The number of carbonyl (C=O) groups is 1. The molecule has 0 bridgehead atoms. The van der Waals surface area contributed by atoms with Gasteiger partial charge in [0.2, 0.25) is 5.91 Å². The number of aliphatic hydroxyl groups is 1. The van der Waals surface area contributed by atoms with Crippen LogP contribution in [-0.4, -0.2) is 35.2 Å². The average Bonchev–Trinajstić information content (AvgIpc) is 2.35. The number of carbonyl (C=O) groups excluding carboxylic acids is 1. The van der Waals surface area contributed by atoms with Gasteiger partial charge in [0.05, 0.1) is 17.6 Å². The Morgan fingerprint density at radius 1 is 1.30 bits per heavy atom. The molecule has 1 rings (SSSR count). The lowest BCUT2D eigenvalue weighted by molar-refractivity contribution is -0.119. The summed E-state index contributed by atoms with van der Waals surface area (Å²) >= 11 is 0.449. The average molecular weight is 311 g/mol. The van der Waals surface area contributed by atoms with Crippen molar-refractivity contribution in [3.8, 4) is 0 Å². The van der Waals surface area contributed by atoms with E-state index in [0.29, 0.717) is 17.3 Å². The Balaban J connectivity index is 2.28. The maximum atomic E-state index is 12.7. The molecule has 0 aromatic heterocycles. The van der Waals surface area contributed by atoms with E-state index in [4.69, 9.17) is 0 Å². The molecule has 1 aromatic carbocycles. The van der Waals surface area contributed by atoms with Crippen LogP contribution in [0.4, 0.5) is 17.6 Å². The molecular formula is C12H13F4NO2S. The second-order valence-electron chi connectivity index (χ2n) is 3.98. The zero-order valence-electron chi connectivity index (χ0n) is 10.3. The van der Waals surface area contributed by atoms with Crippen molar-refractivity contribution in [1.82, 2.24) is 5.32 Å². The van der Waals surface area contributed by atoms with Gasteiger partial charge in [0, 0.05) is 6.54 Å². The fraction of sp³-hybridized carbons (Fsp3) is 0.417. The number of aliphatic hydroxyl groups excluding tert-OH is 1. The van der Waals surface area contributed by atoms with Gasteiger partial charge in [-0.3, -0.25) is 4.79 Å². The van der Waals surface area contributed by atoms with Crippen LogP contribution in [0.25, 0.3) is 0 Å². The molecule has 3 nitrogen and oxygen atoms in total. The summed E-state index contributed by atoms with van der Waals surface area (Å²) < 4.78 is 48.2. The zero-order chi connectivity index (χ0) is 15.2. The van der Waals surface area contributed by atoms with E-state index in [1.807, 2.05) is 0 Å². The van der Waals surface area contributed by atoms with E-state index in [1.54, 1.807) is 0 Å². The Kier molecular flexibility index (Phi) is 6.28. The fourth-order valence-corrected chi connectivity index (χ4v) is 1.94. The van der Waals surface area contributed by atoms with Gasteiger partial charge in [0.25, 0.3) is 0 Å². The van der Waals surface area contributed by atoms with E-state index in [0.717, 1.165) is 0 Å². The van der Waals surface area contributed by atoms with Gasteiger partial charge in [-0.25, -0.2) is 4.39 Å². The summed E-state index contributed by atoms with van der Waals surface area (Å²) in [5.74, 6) is -2.48. The minimum atomic E-state index is -4.31. The van der Waals surface area contributed by atoms with E-state index < -0.39 is 29.8 Å². The van der Waals surface area contributed by atoms with Crippen LogP contribution in [0.5, 0.6) is 0 Å². The molecule has 1 unspecified atom stereocenters. The molecule has 1 amide bonds. The highest BCUT2D eigenvalue weighted by Gasteiger charge is 2.27. The second-order valence-corrected chi connectivity index (χ2v) is 4.97. The summed E-state index contributed by atoms with van der Waals surface area (Å²) in [5, 5.41) is 12.0. The number of amides is 1. The van der Waals surface area contributed by atoms with Crippen molar-refractivity contribution in [2.45, 2.75) is 12.3 Å². The molecule has 20 heavy (non-hydrogen) atoms. The van der Waals surface area contributed by atoms with Crippen LogP contribution < -0.4 is 5.32 Å².